The lowest BCUT2D eigenvalue weighted by atomic mass is 10.1. The van der Waals surface area contributed by atoms with Gasteiger partial charge in [0.05, 0.1) is 6.61 Å². The van der Waals surface area contributed by atoms with Crippen LogP contribution in [0.3, 0.4) is 0 Å². The third kappa shape index (κ3) is 3.25. The predicted octanol–water partition coefficient (Wildman–Crippen LogP) is 0.486. The van der Waals surface area contributed by atoms with Gasteiger partial charge in [0.2, 0.25) is 0 Å². The van der Waals surface area contributed by atoms with Crippen molar-refractivity contribution < 1.29 is 14.6 Å². The molecule has 1 N–H and O–H groups in total. The van der Waals surface area contributed by atoms with Gasteiger partial charge in [-0.15, -0.1) is 0 Å². The fourth-order valence-corrected chi connectivity index (χ4v) is 0.346. The summed E-state index contributed by atoms with van der Waals surface area (Å²) >= 11 is 0. The maximum atomic E-state index is 10.5. The number of hydrogen-bond acceptors (Lipinski definition) is 3. The lowest BCUT2D eigenvalue weighted by Crippen LogP contribution is -2.31. The van der Waals surface area contributed by atoms with Gasteiger partial charge in [-0.3, -0.25) is 0 Å². The first-order chi connectivity index (χ1) is 4.52. The number of esters is 1. The third-order valence-electron chi connectivity index (χ3n) is 0.924. The lowest BCUT2D eigenvalue weighted by molar-refractivity contribution is -0.153. The standard InChI is InChI=1S/C7H12O3/c1-4-6(9)10-7(2,3)5-8/h4,8H,1,5H2,2-3H3. The smallest absolute Gasteiger partial charge is 0.330 e. The van der Waals surface area contributed by atoms with Crippen LogP contribution in [-0.2, 0) is 9.53 Å². The van der Waals surface area contributed by atoms with Gasteiger partial charge in [-0.05, 0) is 13.8 Å². The summed E-state index contributed by atoms with van der Waals surface area (Å²) < 4.78 is 4.73. The molecule has 0 saturated heterocycles. The van der Waals surface area contributed by atoms with Crippen molar-refractivity contribution in [3.8, 4) is 0 Å². The summed E-state index contributed by atoms with van der Waals surface area (Å²) in [6, 6.07) is 0. The van der Waals surface area contributed by atoms with Crippen molar-refractivity contribution in [2.45, 2.75) is 19.4 Å². The van der Waals surface area contributed by atoms with Crippen LogP contribution < -0.4 is 0 Å². The Bertz CT molecular complexity index is 138. The van der Waals surface area contributed by atoms with Crippen LogP contribution in [0.2, 0.25) is 0 Å². The highest BCUT2D eigenvalue weighted by atomic mass is 16.6. The van der Waals surface area contributed by atoms with E-state index >= 15 is 0 Å². The maximum absolute atomic E-state index is 10.5. The SMILES string of the molecule is C=CC(=O)OC(C)(C)CO. The van der Waals surface area contributed by atoms with Crippen molar-refractivity contribution in [3.05, 3.63) is 12.7 Å². The van der Waals surface area contributed by atoms with Gasteiger partial charge in [0.1, 0.15) is 5.60 Å². The normalized spacial score (nSPS) is 10.7. The molecule has 0 aromatic rings. The third-order valence-corrected chi connectivity index (χ3v) is 0.924. The number of aliphatic hydroxyl groups is 1. The van der Waals surface area contributed by atoms with E-state index in [0.717, 1.165) is 6.08 Å². The van der Waals surface area contributed by atoms with E-state index < -0.39 is 11.6 Å². The van der Waals surface area contributed by atoms with Crippen molar-refractivity contribution in [3.63, 3.8) is 0 Å². The lowest BCUT2D eigenvalue weighted by Gasteiger charge is -2.20. The summed E-state index contributed by atoms with van der Waals surface area (Å²) in [5.41, 5.74) is -0.800. The minimum atomic E-state index is -0.800. The molecule has 0 unspecified atom stereocenters. The zero-order valence-corrected chi connectivity index (χ0v) is 6.26. The molecule has 0 radical (unpaired) electrons. The first-order valence-corrected chi connectivity index (χ1v) is 2.98. The van der Waals surface area contributed by atoms with Gasteiger partial charge < -0.3 is 9.84 Å². The second-order valence-corrected chi connectivity index (χ2v) is 2.54. The molecule has 3 nitrogen and oxygen atoms in total. The molecule has 0 aromatic heterocycles. The van der Waals surface area contributed by atoms with Gasteiger partial charge in [-0.25, -0.2) is 4.79 Å². The molecule has 0 saturated carbocycles. The van der Waals surface area contributed by atoms with Crippen molar-refractivity contribution in [1.29, 1.82) is 0 Å². The van der Waals surface area contributed by atoms with Gasteiger partial charge in [-0.1, -0.05) is 6.58 Å². The monoisotopic (exact) mass is 144 g/mol. The Kier molecular flexibility index (Phi) is 3.09. The first-order valence-electron chi connectivity index (χ1n) is 2.98. The zero-order valence-electron chi connectivity index (χ0n) is 6.26. The largest absolute Gasteiger partial charge is 0.454 e. The molecule has 0 amide bonds. The molecular formula is C7H12O3. The molecule has 0 heterocycles. The molecule has 0 bridgehead atoms. The van der Waals surface area contributed by atoms with Crippen LogP contribution in [0.25, 0.3) is 0 Å². The maximum Gasteiger partial charge on any atom is 0.330 e. The number of carbonyl (C=O) groups excluding carboxylic acids is 1. The fourth-order valence-electron chi connectivity index (χ4n) is 0.346. The van der Waals surface area contributed by atoms with Crippen molar-refractivity contribution in [2.75, 3.05) is 6.61 Å². The highest BCUT2D eigenvalue weighted by Gasteiger charge is 2.19. The molecule has 0 atom stereocenters. The van der Waals surface area contributed by atoms with Gasteiger partial charge in [0.25, 0.3) is 0 Å². The van der Waals surface area contributed by atoms with E-state index in [1.807, 2.05) is 0 Å². The summed E-state index contributed by atoms with van der Waals surface area (Å²) in [7, 11) is 0. The summed E-state index contributed by atoms with van der Waals surface area (Å²) in [4.78, 5) is 10.5. The number of rotatable bonds is 3. The fraction of sp³-hybridized carbons (Fsp3) is 0.571. The molecule has 0 aliphatic rings. The molecule has 0 rings (SSSR count). The second kappa shape index (κ2) is 3.37. The molecule has 0 aliphatic heterocycles. The van der Waals surface area contributed by atoms with E-state index in [1.54, 1.807) is 13.8 Å². The second-order valence-electron chi connectivity index (χ2n) is 2.54. The van der Waals surface area contributed by atoms with Crippen LogP contribution in [0.1, 0.15) is 13.8 Å². The van der Waals surface area contributed by atoms with Crippen LogP contribution in [0, 0.1) is 0 Å². The summed E-state index contributed by atoms with van der Waals surface area (Å²) in [5, 5.41) is 8.63. The minimum absolute atomic E-state index is 0.188. The summed E-state index contributed by atoms with van der Waals surface area (Å²) in [6.07, 6.45) is 1.07. The number of ether oxygens (including phenoxy) is 1. The van der Waals surface area contributed by atoms with E-state index in [1.165, 1.54) is 0 Å². The van der Waals surface area contributed by atoms with Crippen LogP contribution >= 0.6 is 0 Å². The average molecular weight is 144 g/mol. The molecule has 0 aliphatic carbocycles. The van der Waals surface area contributed by atoms with Crippen molar-refractivity contribution in [2.24, 2.45) is 0 Å². The van der Waals surface area contributed by atoms with Gasteiger partial charge in [-0.2, -0.15) is 0 Å². The van der Waals surface area contributed by atoms with Crippen LogP contribution in [0.15, 0.2) is 12.7 Å². The van der Waals surface area contributed by atoms with E-state index in [0.29, 0.717) is 0 Å². The molecular weight excluding hydrogens is 132 g/mol. The van der Waals surface area contributed by atoms with Gasteiger partial charge in [0, 0.05) is 6.08 Å². The van der Waals surface area contributed by atoms with E-state index in [9.17, 15) is 4.79 Å². The molecule has 58 valence electrons. The molecule has 3 heteroatoms. The Hall–Kier alpha value is -0.830. The van der Waals surface area contributed by atoms with Crippen LogP contribution in [0.4, 0.5) is 0 Å². The Labute approximate surface area is 60.3 Å². The zero-order chi connectivity index (χ0) is 8.20. The minimum Gasteiger partial charge on any atom is -0.454 e. The Balaban J connectivity index is 3.87. The first kappa shape index (κ1) is 9.17. The van der Waals surface area contributed by atoms with E-state index in [2.05, 4.69) is 6.58 Å². The summed E-state index contributed by atoms with van der Waals surface area (Å²) in [5.74, 6) is -0.515. The van der Waals surface area contributed by atoms with Crippen molar-refractivity contribution >= 4 is 5.97 Å². The summed E-state index contributed by atoms with van der Waals surface area (Å²) in [6.45, 7) is 6.27. The van der Waals surface area contributed by atoms with E-state index in [4.69, 9.17) is 9.84 Å². The Morgan fingerprint density at radius 3 is 2.60 bits per heavy atom. The topological polar surface area (TPSA) is 46.5 Å². The molecule has 10 heavy (non-hydrogen) atoms. The number of aliphatic hydroxyl groups excluding tert-OH is 1. The molecule has 0 aromatic carbocycles. The quantitative estimate of drug-likeness (QED) is 0.463. The number of carbonyl (C=O) groups is 1. The number of hydrogen-bond donors (Lipinski definition) is 1. The predicted molar refractivity (Wildman–Crippen MR) is 37.5 cm³/mol. The van der Waals surface area contributed by atoms with Gasteiger partial charge in [0.15, 0.2) is 0 Å². The molecule has 0 spiro atoms. The highest BCUT2D eigenvalue weighted by molar-refractivity contribution is 5.81. The van der Waals surface area contributed by atoms with Crippen LogP contribution in [-0.4, -0.2) is 23.3 Å². The average Bonchev–Trinajstić information content (AvgIpc) is 1.87. The Morgan fingerprint density at radius 2 is 2.30 bits per heavy atom. The van der Waals surface area contributed by atoms with Crippen molar-refractivity contribution in [1.82, 2.24) is 0 Å². The van der Waals surface area contributed by atoms with Crippen LogP contribution in [0.5, 0.6) is 0 Å². The van der Waals surface area contributed by atoms with E-state index in [-0.39, 0.29) is 6.61 Å². The highest BCUT2D eigenvalue weighted by Crippen LogP contribution is 2.07. The Morgan fingerprint density at radius 1 is 1.80 bits per heavy atom. The van der Waals surface area contributed by atoms with Gasteiger partial charge >= 0.3 is 5.97 Å². The molecule has 0 fully saturated rings.